The third-order valence-electron chi connectivity index (χ3n) is 2.11. The Morgan fingerprint density at radius 1 is 1.18 bits per heavy atom. The summed E-state index contributed by atoms with van der Waals surface area (Å²) in [5.41, 5.74) is 0. The van der Waals surface area contributed by atoms with Crippen LogP contribution in [-0.4, -0.2) is 37.6 Å². The summed E-state index contributed by atoms with van der Waals surface area (Å²) < 4.78 is 15.8. The number of hydrogen-bond acceptors (Lipinski definition) is 4. The standard InChI is InChI=1S/C13H20O4/c1-10(2)16-8-11(14)9-17-13-6-4-5-12(7-13)15-3/h4-7,10-11,14H,8-9H2,1-3H3. The van der Waals surface area contributed by atoms with E-state index in [4.69, 9.17) is 14.2 Å². The number of benzene rings is 1. The van der Waals surface area contributed by atoms with Gasteiger partial charge in [0, 0.05) is 6.07 Å². The highest BCUT2D eigenvalue weighted by atomic mass is 16.5. The molecule has 1 aromatic rings. The molecule has 0 radical (unpaired) electrons. The molecule has 4 nitrogen and oxygen atoms in total. The molecule has 1 aromatic carbocycles. The van der Waals surface area contributed by atoms with Gasteiger partial charge in [0.25, 0.3) is 0 Å². The molecule has 0 amide bonds. The lowest BCUT2D eigenvalue weighted by molar-refractivity contribution is -0.0123. The van der Waals surface area contributed by atoms with Gasteiger partial charge in [0.2, 0.25) is 0 Å². The Labute approximate surface area is 102 Å². The van der Waals surface area contributed by atoms with Crippen molar-refractivity contribution in [1.82, 2.24) is 0 Å². The molecular formula is C13H20O4. The first-order chi connectivity index (χ1) is 8.11. The topological polar surface area (TPSA) is 47.9 Å². The molecule has 0 heterocycles. The summed E-state index contributed by atoms with van der Waals surface area (Å²) >= 11 is 0. The molecule has 0 spiro atoms. The number of rotatable bonds is 7. The average molecular weight is 240 g/mol. The molecule has 1 unspecified atom stereocenters. The number of aliphatic hydroxyl groups is 1. The van der Waals surface area contributed by atoms with Crippen molar-refractivity contribution in [3.8, 4) is 11.5 Å². The molecular weight excluding hydrogens is 220 g/mol. The summed E-state index contributed by atoms with van der Waals surface area (Å²) in [4.78, 5) is 0. The van der Waals surface area contributed by atoms with Crippen molar-refractivity contribution >= 4 is 0 Å². The normalized spacial score (nSPS) is 12.5. The van der Waals surface area contributed by atoms with E-state index in [0.29, 0.717) is 5.75 Å². The van der Waals surface area contributed by atoms with E-state index >= 15 is 0 Å². The van der Waals surface area contributed by atoms with Crippen molar-refractivity contribution in [1.29, 1.82) is 0 Å². The van der Waals surface area contributed by atoms with E-state index in [1.807, 2.05) is 32.0 Å². The van der Waals surface area contributed by atoms with Crippen molar-refractivity contribution in [2.45, 2.75) is 26.1 Å². The fourth-order valence-electron chi connectivity index (χ4n) is 1.24. The van der Waals surface area contributed by atoms with E-state index in [0.717, 1.165) is 5.75 Å². The van der Waals surface area contributed by atoms with Gasteiger partial charge in [-0.05, 0) is 26.0 Å². The van der Waals surface area contributed by atoms with Gasteiger partial charge in [0.15, 0.2) is 0 Å². The molecule has 0 aliphatic carbocycles. The highest BCUT2D eigenvalue weighted by molar-refractivity contribution is 5.32. The third-order valence-corrected chi connectivity index (χ3v) is 2.11. The number of ether oxygens (including phenoxy) is 3. The van der Waals surface area contributed by atoms with Crippen LogP contribution in [0.25, 0.3) is 0 Å². The number of methoxy groups -OCH3 is 1. The monoisotopic (exact) mass is 240 g/mol. The lowest BCUT2D eigenvalue weighted by Crippen LogP contribution is -2.25. The Morgan fingerprint density at radius 3 is 2.53 bits per heavy atom. The van der Waals surface area contributed by atoms with Gasteiger partial charge >= 0.3 is 0 Å². The van der Waals surface area contributed by atoms with Crippen LogP contribution in [0.1, 0.15) is 13.8 Å². The van der Waals surface area contributed by atoms with Crippen molar-refractivity contribution < 1.29 is 19.3 Å². The maximum Gasteiger partial charge on any atom is 0.123 e. The van der Waals surface area contributed by atoms with Crippen LogP contribution in [0.4, 0.5) is 0 Å². The van der Waals surface area contributed by atoms with E-state index < -0.39 is 6.10 Å². The van der Waals surface area contributed by atoms with Crippen LogP contribution in [-0.2, 0) is 4.74 Å². The summed E-state index contributed by atoms with van der Waals surface area (Å²) in [6, 6.07) is 7.27. The molecule has 0 aliphatic heterocycles. The summed E-state index contributed by atoms with van der Waals surface area (Å²) in [5.74, 6) is 1.41. The third kappa shape index (κ3) is 5.56. The number of hydrogen-bond donors (Lipinski definition) is 1. The first-order valence-electron chi connectivity index (χ1n) is 5.68. The second kappa shape index (κ2) is 7.14. The summed E-state index contributed by atoms with van der Waals surface area (Å²) in [5, 5.41) is 9.60. The van der Waals surface area contributed by atoms with Gasteiger partial charge in [0.05, 0.1) is 19.8 Å². The van der Waals surface area contributed by atoms with Gasteiger partial charge in [-0.3, -0.25) is 0 Å². The van der Waals surface area contributed by atoms with Gasteiger partial charge < -0.3 is 19.3 Å². The van der Waals surface area contributed by atoms with Crippen molar-refractivity contribution in [2.75, 3.05) is 20.3 Å². The maximum atomic E-state index is 9.60. The minimum atomic E-state index is -0.622. The number of aliphatic hydroxyl groups excluding tert-OH is 1. The molecule has 0 fully saturated rings. The van der Waals surface area contributed by atoms with Gasteiger partial charge in [-0.1, -0.05) is 6.07 Å². The zero-order valence-electron chi connectivity index (χ0n) is 10.6. The predicted octanol–water partition coefficient (Wildman–Crippen LogP) is 1.86. The lowest BCUT2D eigenvalue weighted by Gasteiger charge is -2.14. The molecule has 1 rings (SSSR count). The Morgan fingerprint density at radius 2 is 1.88 bits per heavy atom. The fraction of sp³-hybridized carbons (Fsp3) is 0.538. The molecule has 0 aliphatic rings. The van der Waals surface area contributed by atoms with Crippen LogP contribution in [0.2, 0.25) is 0 Å². The quantitative estimate of drug-likeness (QED) is 0.790. The fourth-order valence-corrected chi connectivity index (χ4v) is 1.24. The van der Waals surface area contributed by atoms with Gasteiger partial charge in [-0.25, -0.2) is 0 Å². The van der Waals surface area contributed by atoms with Gasteiger partial charge in [-0.2, -0.15) is 0 Å². The van der Waals surface area contributed by atoms with Crippen molar-refractivity contribution in [3.05, 3.63) is 24.3 Å². The molecule has 1 N–H and O–H groups in total. The summed E-state index contributed by atoms with van der Waals surface area (Å²) in [6.45, 7) is 4.34. The molecule has 0 saturated carbocycles. The molecule has 0 saturated heterocycles. The zero-order valence-corrected chi connectivity index (χ0v) is 10.6. The molecule has 0 aromatic heterocycles. The van der Waals surface area contributed by atoms with Crippen LogP contribution in [0.15, 0.2) is 24.3 Å². The van der Waals surface area contributed by atoms with E-state index in [1.165, 1.54) is 0 Å². The lowest BCUT2D eigenvalue weighted by atomic mass is 10.3. The highest BCUT2D eigenvalue weighted by Crippen LogP contribution is 2.18. The SMILES string of the molecule is COc1cccc(OCC(O)COC(C)C)c1. The van der Waals surface area contributed by atoms with E-state index in [9.17, 15) is 5.11 Å². The first-order valence-corrected chi connectivity index (χ1v) is 5.68. The largest absolute Gasteiger partial charge is 0.497 e. The summed E-state index contributed by atoms with van der Waals surface area (Å²) in [7, 11) is 1.60. The highest BCUT2D eigenvalue weighted by Gasteiger charge is 2.07. The second-order valence-electron chi connectivity index (χ2n) is 4.03. The van der Waals surface area contributed by atoms with Crippen LogP contribution < -0.4 is 9.47 Å². The second-order valence-corrected chi connectivity index (χ2v) is 4.03. The minimum Gasteiger partial charge on any atom is -0.497 e. The van der Waals surface area contributed by atoms with E-state index in [2.05, 4.69) is 0 Å². The van der Waals surface area contributed by atoms with Crippen LogP contribution in [0.5, 0.6) is 11.5 Å². The van der Waals surface area contributed by atoms with Crippen LogP contribution >= 0.6 is 0 Å². The van der Waals surface area contributed by atoms with Crippen LogP contribution in [0.3, 0.4) is 0 Å². The smallest absolute Gasteiger partial charge is 0.123 e. The summed E-state index contributed by atoms with van der Waals surface area (Å²) in [6.07, 6.45) is -0.509. The van der Waals surface area contributed by atoms with Crippen molar-refractivity contribution in [2.24, 2.45) is 0 Å². The Bertz CT molecular complexity index is 325. The Kier molecular flexibility index (Phi) is 5.80. The Balaban J connectivity index is 2.33. The predicted molar refractivity (Wildman–Crippen MR) is 65.6 cm³/mol. The van der Waals surface area contributed by atoms with Crippen molar-refractivity contribution in [3.63, 3.8) is 0 Å². The van der Waals surface area contributed by atoms with E-state index in [1.54, 1.807) is 13.2 Å². The van der Waals surface area contributed by atoms with Crippen LogP contribution in [0, 0.1) is 0 Å². The van der Waals surface area contributed by atoms with Gasteiger partial charge in [0.1, 0.15) is 24.2 Å². The molecule has 4 heteroatoms. The molecule has 1 atom stereocenters. The molecule has 0 bridgehead atoms. The van der Waals surface area contributed by atoms with Gasteiger partial charge in [-0.15, -0.1) is 0 Å². The maximum absolute atomic E-state index is 9.60. The Hall–Kier alpha value is -1.26. The molecule has 96 valence electrons. The average Bonchev–Trinajstić information content (AvgIpc) is 2.34. The first kappa shape index (κ1) is 13.8. The molecule has 17 heavy (non-hydrogen) atoms. The zero-order chi connectivity index (χ0) is 12.7. The minimum absolute atomic E-state index is 0.112. The van der Waals surface area contributed by atoms with E-state index in [-0.39, 0.29) is 19.3 Å².